The number of rotatable bonds is 4. The molecule has 5 nitrogen and oxygen atoms in total. The number of nitrogens with zero attached hydrogens (tertiary/aromatic N) is 2. The van der Waals surface area contributed by atoms with Gasteiger partial charge < -0.3 is 5.73 Å². The molecule has 0 aliphatic carbocycles. The average molecular weight is 404 g/mol. The molecule has 0 aliphatic heterocycles. The number of para-hydroxylation sites is 1. The van der Waals surface area contributed by atoms with Crippen molar-refractivity contribution in [1.82, 2.24) is 9.55 Å². The van der Waals surface area contributed by atoms with E-state index in [2.05, 4.69) is 20.9 Å². The van der Waals surface area contributed by atoms with Crippen LogP contribution < -0.4 is 11.3 Å². The Morgan fingerprint density at radius 1 is 1.25 bits per heavy atom. The van der Waals surface area contributed by atoms with E-state index in [0.717, 1.165) is 4.47 Å². The number of aromatic nitrogens is 2. The van der Waals surface area contributed by atoms with Crippen LogP contribution in [0.4, 0.5) is 0 Å². The second-order valence-electron chi connectivity index (χ2n) is 5.19. The summed E-state index contributed by atoms with van der Waals surface area (Å²) in [6, 6.07) is 14.6. The van der Waals surface area contributed by atoms with Gasteiger partial charge in [-0.25, -0.2) is 4.98 Å². The van der Waals surface area contributed by atoms with Gasteiger partial charge in [0.25, 0.3) is 5.56 Å². The highest BCUT2D eigenvalue weighted by atomic mass is 79.9. The Morgan fingerprint density at radius 3 is 2.62 bits per heavy atom. The van der Waals surface area contributed by atoms with Crippen LogP contribution in [0.2, 0.25) is 0 Å². The highest BCUT2D eigenvalue weighted by Gasteiger charge is 2.18. The monoisotopic (exact) mass is 403 g/mol. The number of amides is 1. The minimum Gasteiger partial charge on any atom is -0.369 e. The number of primary amides is 1. The summed E-state index contributed by atoms with van der Waals surface area (Å²) >= 11 is 4.55. The van der Waals surface area contributed by atoms with Crippen LogP contribution in [0.25, 0.3) is 16.6 Å². The van der Waals surface area contributed by atoms with Crippen molar-refractivity contribution in [3.05, 3.63) is 63.4 Å². The molecule has 0 bridgehead atoms. The molecule has 0 saturated carbocycles. The molecule has 24 heavy (non-hydrogen) atoms. The molecule has 0 fully saturated rings. The molecule has 3 rings (SSSR count). The van der Waals surface area contributed by atoms with Gasteiger partial charge in [-0.15, -0.1) is 0 Å². The van der Waals surface area contributed by atoms with Crippen LogP contribution in [0.1, 0.15) is 6.92 Å². The molecule has 1 atom stereocenters. The molecular weight excluding hydrogens is 390 g/mol. The number of thioether (sulfide) groups is 1. The predicted molar refractivity (Wildman–Crippen MR) is 99.6 cm³/mol. The highest BCUT2D eigenvalue weighted by Crippen LogP contribution is 2.25. The SMILES string of the molecule is C[C@@H](Sc1nc2ccc(Br)cc2c(=O)n1-c1ccccc1)C(N)=O. The summed E-state index contributed by atoms with van der Waals surface area (Å²) < 4.78 is 2.32. The number of hydrogen-bond donors (Lipinski definition) is 1. The molecule has 122 valence electrons. The van der Waals surface area contributed by atoms with Crippen LogP contribution in [0, 0.1) is 0 Å². The first kappa shape index (κ1) is 16.7. The van der Waals surface area contributed by atoms with E-state index in [4.69, 9.17) is 5.73 Å². The second-order valence-corrected chi connectivity index (χ2v) is 7.42. The van der Waals surface area contributed by atoms with Gasteiger partial charge in [-0.05, 0) is 37.3 Å². The van der Waals surface area contributed by atoms with Crippen LogP contribution in [0.3, 0.4) is 0 Å². The summed E-state index contributed by atoms with van der Waals surface area (Å²) in [7, 11) is 0. The Kier molecular flexibility index (Phi) is 4.73. The largest absolute Gasteiger partial charge is 0.369 e. The number of hydrogen-bond acceptors (Lipinski definition) is 4. The van der Waals surface area contributed by atoms with Crippen molar-refractivity contribution in [2.24, 2.45) is 5.73 Å². The third kappa shape index (κ3) is 3.22. The summed E-state index contributed by atoms with van der Waals surface area (Å²) in [6.45, 7) is 1.69. The van der Waals surface area contributed by atoms with E-state index in [1.807, 2.05) is 36.4 Å². The van der Waals surface area contributed by atoms with Gasteiger partial charge in [0.2, 0.25) is 5.91 Å². The van der Waals surface area contributed by atoms with Gasteiger partial charge in [0.15, 0.2) is 5.16 Å². The zero-order chi connectivity index (χ0) is 17.3. The third-order valence-corrected chi connectivity index (χ3v) is 5.06. The quantitative estimate of drug-likeness (QED) is 0.536. The maximum Gasteiger partial charge on any atom is 0.266 e. The number of benzene rings is 2. The normalized spacial score (nSPS) is 12.2. The fourth-order valence-electron chi connectivity index (χ4n) is 2.24. The number of carbonyl (C=O) groups excluding carboxylic acids is 1. The minimum absolute atomic E-state index is 0.188. The van der Waals surface area contributed by atoms with Crippen LogP contribution in [0.5, 0.6) is 0 Å². The fraction of sp³-hybridized carbons (Fsp3) is 0.118. The number of carbonyl (C=O) groups is 1. The van der Waals surface area contributed by atoms with Gasteiger partial charge in [-0.3, -0.25) is 14.2 Å². The van der Waals surface area contributed by atoms with Gasteiger partial charge in [0, 0.05) is 4.47 Å². The minimum atomic E-state index is -0.500. The van der Waals surface area contributed by atoms with Crippen molar-refractivity contribution in [2.45, 2.75) is 17.3 Å². The molecule has 0 spiro atoms. The Bertz CT molecular complexity index is 973. The average Bonchev–Trinajstić information content (AvgIpc) is 2.56. The molecule has 3 aromatic rings. The maximum atomic E-state index is 13.0. The zero-order valence-electron chi connectivity index (χ0n) is 12.8. The number of nitrogens with two attached hydrogens (primary N) is 1. The van der Waals surface area contributed by atoms with Crippen molar-refractivity contribution < 1.29 is 4.79 Å². The van der Waals surface area contributed by atoms with E-state index in [1.54, 1.807) is 19.1 Å². The van der Waals surface area contributed by atoms with E-state index < -0.39 is 11.2 Å². The van der Waals surface area contributed by atoms with Crippen molar-refractivity contribution in [2.75, 3.05) is 0 Å². The lowest BCUT2D eigenvalue weighted by molar-refractivity contribution is -0.117. The van der Waals surface area contributed by atoms with Gasteiger partial charge in [0.05, 0.1) is 21.8 Å². The number of fused-ring (bicyclic) bond motifs is 1. The van der Waals surface area contributed by atoms with E-state index >= 15 is 0 Å². The Morgan fingerprint density at radius 2 is 1.96 bits per heavy atom. The van der Waals surface area contributed by atoms with Crippen LogP contribution in [0.15, 0.2) is 63.0 Å². The molecule has 2 aromatic carbocycles. The van der Waals surface area contributed by atoms with Crippen molar-refractivity contribution in [1.29, 1.82) is 0 Å². The first-order valence-corrected chi connectivity index (χ1v) is 8.88. The molecule has 2 N–H and O–H groups in total. The first-order chi connectivity index (χ1) is 11.5. The third-order valence-electron chi connectivity index (χ3n) is 3.50. The topological polar surface area (TPSA) is 78.0 Å². The van der Waals surface area contributed by atoms with Gasteiger partial charge in [-0.1, -0.05) is 45.9 Å². The van der Waals surface area contributed by atoms with E-state index in [1.165, 1.54) is 16.3 Å². The summed E-state index contributed by atoms with van der Waals surface area (Å²) in [6.07, 6.45) is 0. The predicted octanol–water partition coefficient (Wildman–Crippen LogP) is 3.11. The summed E-state index contributed by atoms with van der Waals surface area (Å²) in [5.74, 6) is -0.454. The molecule has 0 unspecified atom stereocenters. The second kappa shape index (κ2) is 6.78. The van der Waals surface area contributed by atoms with Gasteiger partial charge >= 0.3 is 0 Å². The lowest BCUT2D eigenvalue weighted by Gasteiger charge is -2.15. The highest BCUT2D eigenvalue weighted by molar-refractivity contribution is 9.10. The Hall–Kier alpha value is -2.12. The van der Waals surface area contributed by atoms with E-state index in [9.17, 15) is 9.59 Å². The summed E-state index contributed by atoms with van der Waals surface area (Å²) in [4.78, 5) is 29.0. The molecule has 0 saturated heterocycles. The zero-order valence-corrected chi connectivity index (χ0v) is 15.2. The molecule has 1 aromatic heterocycles. The lowest BCUT2D eigenvalue weighted by Crippen LogP contribution is -2.26. The number of halogens is 1. The molecule has 0 radical (unpaired) electrons. The maximum absolute atomic E-state index is 13.0. The van der Waals surface area contributed by atoms with Crippen LogP contribution >= 0.6 is 27.7 Å². The smallest absolute Gasteiger partial charge is 0.266 e. The van der Waals surface area contributed by atoms with Crippen LogP contribution in [-0.4, -0.2) is 20.7 Å². The van der Waals surface area contributed by atoms with Gasteiger partial charge in [-0.2, -0.15) is 0 Å². The first-order valence-electron chi connectivity index (χ1n) is 7.21. The molecule has 1 amide bonds. The van der Waals surface area contributed by atoms with E-state index in [0.29, 0.717) is 21.7 Å². The van der Waals surface area contributed by atoms with Crippen molar-refractivity contribution in [3.63, 3.8) is 0 Å². The summed E-state index contributed by atoms with van der Waals surface area (Å²) in [5.41, 5.74) is 6.44. The lowest BCUT2D eigenvalue weighted by atomic mass is 10.2. The Balaban J connectivity index is 2.30. The van der Waals surface area contributed by atoms with Crippen molar-refractivity contribution >= 4 is 44.5 Å². The fourth-order valence-corrected chi connectivity index (χ4v) is 3.48. The molecule has 7 heteroatoms. The molecular formula is C17H14BrN3O2S. The van der Waals surface area contributed by atoms with Gasteiger partial charge in [0.1, 0.15) is 0 Å². The van der Waals surface area contributed by atoms with Crippen molar-refractivity contribution in [3.8, 4) is 5.69 Å². The van der Waals surface area contributed by atoms with Crippen LogP contribution in [-0.2, 0) is 4.79 Å². The summed E-state index contributed by atoms with van der Waals surface area (Å²) in [5, 5.41) is 0.441. The standard InChI is InChI=1S/C17H14BrN3O2S/c1-10(15(19)22)24-17-20-14-8-7-11(18)9-13(14)16(23)21(17)12-5-3-2-4-6-12/h2-10H,1H3,(H2,19,22)/t10-/m1/s1. The molecule has 1 heterocycles. The van der Waals surface area contributed by atoms with E-state index in [-0.39, 0.29) is 5.56 Å². The molecule has 0 aliphatic rings. The Labute approximate surface area is 151 Å².